The Morgan fingerprint density at radius 1 is 1.45 bits per heavy atom. The van der Waals surface area contributed by atoms with Gasteiger partial charge in [-0.3, -0.25) is 0 Å². The van der Waals surface area contributed by atoms with Crippen molar-refractivity contribution in [3.05, 3.63) is 35.4 Å². The number of methoxy groups -OCH3 is 2. The minimum atomic E-state index is -0.911. The van der Waals surface area contributed by atoms with Crippen molar-refractivity contribution in [1.29, 1.82) is 0 Å². The highest BCUT2D eigenvalue weighted by Gasteiger charge is 2.38. The molecule has 0 fully saturated rings. The van der Waals surface area contributed by atoms with E-state index in [0.29, 0.717) is 6.42 Å². The van der Waals surface area contributed by atoms with Crippen LogP contribution in [0.25, 0.3) is 0 Å². The van der Waals surface area contributed by atoms with Gasteiger partial charge in [0.25, 0.3) is 0 Å². The van der Waals surface area contributed by atoms with Gasteiger partial charge in [-0.1, -0.05) is 0 Å². The molecule has 2 rings (SSSR count). The lowest BCUT2D eigenvalue weighted by molar-refractivity contribution is -0.134. The summed E-state index contributed by atoms with van der Waals surface area (Å²) in [5.41, 5.74) is 1.24. The second kappa shape index (κ2) is 6.40. The zero-order valence-corrected chi connectivity index (χ0v) is 13.4. The molecule has 0 saturated heterocycles. The highest BCUT2D eigenvalue weighted by molar-refractivity contribution is 5.81. The van der Waals surface area contributed by atoms with Gasteiger partial charge < -0.3 is 19.3 Å². The molecular formula is C17H22O5. The van der Waals surface area contributed by atoms with E-state index in [1.807, 2.05) is 26.0 Å². The molecule has 0 aliphatic carbocycles. The summed E-state index contributed by atoms with van der Waals surface area (Å²) in [5, 5.41) is 10.3. The van der Waals surface area contributed by atoms with Gasteiger partial charge in [-0.25, -0.2) is 4.79 Å². The largest absolute Gasteiger partial charge is 0.496 e. The number of aryl methyl sites for hydroxylation is 1. The number of hydrogen-bond acceptors (Lipinski definition) is 5. The van der Waals surface area contributed by atoms with Crippen LogP contribution < -0.4 is 9.47 Å². The molecule has 2 atom stereocenters. The topological polar surface area (TPSA) is 65.0 Å². The van der Waals surface area contributed by atoms with Gasteiger partial charge in [0.2, 0.25) is 0 Å². The number of esters is 1. The number of hydrogen-bond donors (Lipinski definition) is 1. The van der Waals surface area contributed by atoms with E-state index >= 15 is 0 Å². The number of aliphatic hydroxyl groups is 1. The molecule has 5 heteroatoms. The first-order chi connectivity index (χ1) is 10.4. The second-order valence-corrected chi connectivity index (χ2v) is 5.69. The first-order valence-electron chi connectivity index (χ1n) is 7.20. The maximum atomic E-state index is 11.2. The predicted octanol–water partition coefficient (Wildman–Crippen LogP) is 2.18. The third-order valence-corrected chi connectivity index (χ3v) is 3.99. The third kappa shape index (κ3) is 3.25. The van der Waals surface area contributed by atoms with Gasteiger partial charge in [-0.05, 0) is 50.5 Å². The van der Waals surface area contributed by atoms with Crippen LogP contribution in [-0.2, 0) is 16.0 Å². The van der Waals surface area contributed by atoms with Gasteiger partial charge in [0.15, 0.2) is 0 Å². The van der Waals surface area contributed by atoms with Crippen LogP contribution in [0.4, 0.5) is 0 Å². The Bertz CT molecular complexity index is 593. The first kappa shape index (κ1) is 16.4. The molecular weight excluding hydrogens is 284 g/mol. The van der Waals surface area contributed by atoms with Crippen molar-refractivity contribution in [3.8, 4) is 11.5 Å². The monoisotopic (exact) mass is 306 g/mol. The lowest BCUT2D eigenvalue weighted by Crippen LogP contribution is -2.46. The molecule has 1 aromatic carbocycles. The summed E-state index contributed by atoms with van der Waals surface area (Å²) >= 11 is 0. The summed E-state index contributed by atoms with van der Waals surface area (Å²) in [6, 6.07) is 3.91. The molecule has 0 unspecified atom stereocenters. The smallest absolute Gasteiger partial charge is 0.330 e. The van der Waals surface area contributed by atoms with Crippen LogP contribution in [0.3, 0.4) is 0 Å². The molecule has 120 valence electrons. The highest BCUT2D eigenvalue weighted by Crippen LogP contribution is 2.40. The van der Waals surface area contributed by atoms with E-state index < -0.39 is 17.7 Å². The Hall–Kier alpha value is -2.01. The van der Waals surface area contributed by atoms with Crippen molar-refractivity contribution in [2.75, 3.05) is 14.2 Å². The number of fused-ring (bicyclic) bond motifs is 1. The van der Waals surface area contributed by atoms with Crippen LogP contribution in [-0.4, -0.2) is 37.0 Å². The molecule has 0 spiro atoms. The number of rotatable bonds is 4. The Morgan fingerprint density at radius 3 is 2.82 bits per heavy atom. The number of benzene rings is 1. The minimum absolute atomic E-state index is 0.503. The molecule has 1 N–H and O–H groups in total. The summed E-state index contributed by atoms with van der Waals surface area (Å²) in [4.78, 5) is 11.2. The Kier molecular flexibility index (Phi) is 4.76. The van der Waals surface area contributed by atoms with E-state index in [1.165, 1.54) is 19.3 Å². The summed E-state index contributed by atoms with van der Waals surface area (Å²) < 4.78 is 16.0. The number of carbonyl (C=O) groups excluding carboxylic acids is 1. The molecule has 22 heavy (non-hydrogen) atoms. The second-order valence-electron chi connectivity index (χ2n) is 5.69. The zero-order chi connectivity index (χ0) is 16.3. The first-order valence-corrected chi connectivity index (χ1v) is 7.20. The molecule has 1 aliphatic rings. The Morgan fingerprint density at radius 2 is 2.18 bits per heavy atom. The summed E-state index contributed by atoms with van der Waals surface area (Å²) in [5.74, 6) is 1.02. The fraction of sp³-hybridized carbons (Fsp3) is 0.471. The van der Waals surface area contributed by atoms with Crippen molar-refractivity contribution in [3.63, 3.8) is 0 Å². The maximum absolute atomic E-state index is 11.2. The van der Waals surface area contributed by atoms with Gasteiger partial charge >= 0.3 is 5.97 Å². The van der Waals surface area contributed by atoms with Crippen LogP contribution in [0.5, 0.6) is 11.5 Å². The SMILES string of the molecule is COC(=O)/C=C/[C@@H](O)[C@]1(C)CCc2c(OC)cc(C)cc2O1. The van der Waals surface area contributed by atoms with E-state index in [1.54, 1.807) is 7.11 Å². The van der Waals surface area contributed by atoms with E-state index in [2.05, 4.69) is 4.74 Å². The molecule has 1 heterocycles. The van der Waals surface area contributed by atoms with E-state index in [0.717, 1.165) is 29.0 Å². The number of carbonyl (C=O) groups is 1. The van der Waals surface area contributed by atoms with E-state index in [4.69, 9.17) is 9.47 Å². The van der Waals surface area contributed by atoms with Gasteiger partial charge in [0, 0.05) is 11.6 Å². The fourth-order valence-corrected chi connectivity index (χ4v) is 2.60. The van der Waals surface area contributed by atoms with Crippen LogP contribution >= 0.6 is 0 Å². The molecule has 0 saturated carbocycles. The molecule has 0 radical (unpaired) electrons. The van der Waals surface area contributed by atoms with Crippen LogP contribution in [0, 0.1) is 6.92 Å². The standard InChI is InChI=1S/C17H22O5/c1-11-9-13(20-3)12-7-8-17(2,22-14(12)10-11)15(18)5-6-16(19)21-4/h5-6,9-10,15,18H,7-8H2,1-4H3/b6-5+/t15-,17+/m1/s1. The minimum Gasteiger partial charge on any atom is -0.496 e. The van der Waals surface area contributed by atoms with Crippen molar-refractivity contribution in [1.82, 2.24) is 0 Å². The molecule has 1 aromatic rings. The number of aliphatic hydroxyl groups excluding tert-OH is 1. The predicted molar refractivity (Wildman–Crippen MR) is 82.2 cm³/mol. The van der Waals surface area contributed by atoms with E-state index in [9.17, 15) is 9.90 Å². The summed E-state index contributed by atoms with van der Waals surface area (Å²) in [7, 11) is 2.93. The lowest BCUT2D eigenvalue weighted by Gasteiger charge is -2.38. The third-order valence-electron chi connectivity index (χ3n) is 3.99. The van der Waals surface area contributed by atoms with Crippen LogP contribution in [0.2, 0.25) is 0 Å². The van der Waals surface area contributed by atoms with Gasteiger partial charge in [-0.15, -0.1) is 0 Å². The number of ether oxygens (including phenoxy) is 3. The molecule has 1 aliphatic heterocycles. The maximum Gasteiger partial charge on any atom is 0.330 e. The molecule has 0 aromatic heterocycles. The van der Waals surface area contributed by atoms with Crippen molar-refractivity contribution >= 4 is 5.97 Å². The molecule has 0 bridgehead atoms. The summed E-state index contributed by atoms with van der Waals surface area (Å²) in [6.07, 6.45) is 3.06. The Balaban J connectivity index is 2.25. The van der Waals surface area contributed by atoms with Crippen LogP contribution in [0.1, 0.15) is 24.5 Å². The van der Waals surface area contributed by atoms with E-state index in [-0.39, 0.29) is 0 Å². The normalized spacial score (nSPS) is 21.9. The van der Waals surface area contributed by atoms with Crippen molar-refractivity contribution < 1.29 is 24.1 Å². The average molecular weight is 306 g/mol. The van der Waals surface area contributed by atoms with Gasteiger partial charge in [-0.2, -0.15) is 0 Å². The summed E-state index contributed by atoms with van der Waals surface area (Å²) in [6.45, 7) is 3.79. The fourth-order valence-electron chi connectivity index (χ4n) is 2.60. The highest BCUT2D eigenvalue weighted by atomic mass is 16.5. The van der Waals surface area contributed by atoms with Gasteiger partial charge in [0.1, 0.15) is 23.2 Å². The molecule has 0 amide bonds. The van der Waals surface area contributed by atoms with Gasteiger partial charge in [0.05, 0.1) is 14.2 Å². The lowest BCUT2D eigenvalue weighted by atomic mass is 9.87. The van der Waals surface area contributed by atoms with Crippen molar-refractivity contribution in [2.24, 2.45) is 0 Å². The quantitative estimate of drug-likeness (QED) is 0.682. The Labute approximate surface area is 130 Å². The van der Waals surface area contributed by atoms with Crippen molar-refractivity contribution in [2.45, 2.75) is 38.4 Å². The van der Waals surface area contributed by atoms with Crippen LogP contribution in [0.15, 0.2) is 24.3 Å². The molecule has 5 nitrogen and oxygen atoms in total. The average Bonchev–Trinajstić information content (AvgIpc) is 2.50. The zero-order valence-electron chi connectivity index (χ0n) is 13.4.